The van der Waals surface area contributed by atoms with Crippen molar-refractivity contribution in [2.45, 2.75) is 20.4 Å². The van der Waals surface area contributed by atoms with Crippen molar-refractivity contribution >= 4 is 41.6 Å². The topological polar surface area (TPSA) is 57.2 Å². The number of aliphatic imine (C=N–C) groups is 1. The highest BCUT2D eigenvalue weighted by Gasteiger charge is 2.36. The van der Waals surface area contributed by atoms with Gasteiger partial charge in [0.15, 0.2) is 5.96 Å². The lowest BCUT2D eigenvalue weighted by Gasteiger charge is -2.21. The lowest BCUT2D eigenvalue weighted by atomic mass is 9.99. The second kappa shape index (κ2) is 10.7. The lowest BCUT2D eigenvalue weighted by Crippen LogP contribution is -2.40. The molecule has 0 bridgehead atoms. The largest absolute Gasteiger partial charge is 0.469 e. The van der Waals surface area contributed by atoms with E-state index in [-0.39, 0.29) is 41.8 Å². The highest BCUT2D eigenvalue weighted by Crippen LogP contribution is 2.24. The monoisotopic (exact) mass is 498 g/mol. The molecule has 7 heteroatoms. The first-order valence-corrected chi connectivity index (χ1v) is 9.72. The number of benzene rings is 1. The van der Waals surface area contributed by atoms with E-state index in [1.54, 1.807) is 0 Å². The molecule has 1 aromatic rings. The van der Waals surface area contributed by atoms with Crippen molar-refractivity contribution in [3.05, 3.63) is 42.0 Å². The molecule has 1 N–H and O–H groups in total. The number of methoxy groups -OCH3 is 1. The Hall–Kier alpha value is -1.77. The quantitative estimate of drug-likeness (QED) is 0.223. The van der Waals surface area contributed by atoms with Crippen molar-refractivity contribution in [1.82, 2.24) is 10.2 Å². The van der Waals surface area contributed by atoms with Gasteiger partial charge in [0, 0.05) is 38.4 Å². The molecule has 2 aliphatic heterocycles. The molecule has 154 valence electrons. The molecule has 28 heavy (non-hydrogen) atoms. The van der Waals surface area contributed by atoms with Gasteiger partial charge in [-0.05, 0) is 30.5 Å². The van der Waals surface area contributed by atoms with E-state index in [2.05, 4.69) is 65.4 Å². The molecule has 0 amide bonds. The van der Waals surface area contributed by atoms with Crippen LogP contribution in [0.5, 0.6) is 0 Å². The second-order valence-corrected chi connectivity index (χ2v) is 7.22. The van der Waals surface area contributed by atoms with E-state index in [0.717, 1.165) is 32.1 Å². The predicted octanol–water partition coefficient (Wildman–Crippen LogP) is 2.89. The molecule has 1 aromatic carbocycles. The molecular weight excluding hydrogens is 467 g/mol. The van der Waals surface area contributed by atoms with Gasteiger partial charge < -0.3 is 19.9 Å². The Morgan fingerprint density at radius 2 is 1.89 bits per heavy atom. The molecular formula is C21H31IN4O2. The zero-order valence-electron chi connectivity index (χ0n) is 16.9. The molecule has 0 radical (unpaired) electrons. The maximum Gasteiger partial charge on any atom is 0.310 e. The first-order chi connectivity index (χ1) is 13.1. The lowest BCUT2D eigenvalue weighted by molar-refractivity contribution is -0.145. The highest BCUT2D eigenvalue weighted by molar-refractivity contribution is 14.0. The molecule has 3 rings (SSSR count). The average molecular weight is 498 g/mol. The number of nitrogens with one attached hydrogen (secondary N) is 1. The molecule has 1 saturated heterocycles. The fourth-order valence-corrected chi connectivity index (χ4v) is 3.69. The van der Waals surface area contributed by atoms with Gasteiger partial charge in [0.25, 0.3) is 0 Å². The van der Waals surface area contributed by atoms with Crippen molar-refractivity contribution in [1.29, 1.82) is 0 Å². The van der Waals surface area contributed by atoms with Crippen LogP contribution in [0.1, 0.15) is 19.4 Å². The van der Waals surface area contributed by atoms with Gasteiger partial charge in [-0.2, -0.15) is 0 Å². The number of carbonyl (C=O) groups excluding carboxylic acids is 1. The molecule has 0 saturated carbocycles. The van der Waals surface area contributed by atoms with E-state index in [9.17, 15) is 4.79 Å². The molecule has 0 aromatic heterocycles. The zero-order chi connectivity index (χ0) is 19.2. The fourth-order valence-electron chi connectivity index (χ4n) is 3.69. The minimum atomic E-state index is -0.132. The molecule has 0 aliphatic carbocycles. The zero-order valence-corrected chi connectivity index (χ0v) is 19.3. The van der Waals surface area contributed by atoms with E-state index < -0.39 is 0 Å². The Balaban J connectivity index is 0.00000280. The Bertz CT molecular complexity index is 697. The van der Waals surface area contributed by atoms with E-state index in [1.807, 2.05) is 0 Å². The Morgan fingerprint density at radius 3 is 2.50 bits per heavy atom. The van der Waals surface area contributed by atoms with Crippen LogP contribution in [0.4, 0.5) is 5.69 Å². The molecule has 2 heterocycles. The molecule has 2 atom stereocenters. The first-order valence-electron chi connectivity index (χ1n) is 9.72. The maximum absolute atomic E-state index is 12.0. The summed E-state index contributed by atoms with van der Waals surface area (Å²) in [5.74, 6) is 0.901. The van der Waals surface area contributed by atoms with Gasteiger partial charge in [-0.25, -0.2) is 4.99 Å². The van der Waals surface area contributed by atoms with Crippen LogP contribution in [0.25, 0.3) is 0 Å². The third-order valence-corrected chi connectivity index (χ3v) is 5.28. The van der Waals surface area contributed by atoms with Crippen LogP contribution in [0.15, 0.2) is 41.4 Å². The summed E-state index contributed by atoms with van der Waals surface area (Å²) in [4.78, 5) is 21.2. The van der Waals surface area contributed by atoms with Gasteiger partial charge in [0.1, 0.15) is 0 Å². The van der Waals surface area contributed by atoms with Gasteiger partial charge in [-0.15, -0.1) is 24.0 Å². The molecule has 6 nitrogen and oxygen atoms in total. The Morgan fingerprint density at radius 1 is 1.21 bits per heavy atom. The van der Waals surface area contributed by atoms with Gasteiger partial charge in [-0.3, -0.25) is 4.79 Å². The number of carbonyl (C=O) groups is 1. The van der Waals surface area contributed by atoms with Crippen LogP contribution in [-0.4, -0.2) is 56.7 Å². The summed E-state index contributed by atoms with van der Waals surface area (Å²) in [7, 11) is 1.46. The summed E-state index contributed by atoms with van der Waals surface area (Å²) in [6.45, 7) is 9.01. The number of guanidine groups is 1. The number of hydrogen-bond donors (Lipinski definition) is 1. The third-order valence-electron chi connectivity index (χ3n) is 5.28. The molecule has 2 unspecified atom stereocenters. The summed E-state index contributed by atoms with van der Waals surface area (Å²) in [5, 5.41) is 3.36. The average Bonchev–Trinajstić information content (AvgIpc) is 3.35. The SMILES string of the molecule is CCNC(=NCc1ccc(N2CC=CC2)cc1)N1CC(C)C(C(=O)OC)C1.I. The van der Waals surface area contributed by atoms with Crippen molar-refractivity contribution in [2.24, 2.45) is 16.8 Å². The summed E-state index contributed by atoms with van der Waals surface area (Å²) in [6.07, 6.45) is 4.39. The summed E-state index contributed by atoms with van der Waals surface area (Å²) < 4.78 is 4.94. The van der Waals surface area contributed by atoms with Gasteiger partial charge in [-0.1, -0.05) is 31.2 Å². The Kier molecular flexibility index (Phi) is 8.59. The number of hydrogen-bond acceptors (Lipinski definition) is 4. The van der Waals surface area contributed by atoms with E-state index in [4.69, 9.17) is 9.73 Å². The first kappa shape index (κ1) is 22.5. The van der Waals surface area contributed by atoms with Crippen molar-refractivity contribution < 1.29 is 9.53 Å². The fraction of sp³-hybridized carbons (Fsp3) is 0.524. The Labute approximate surface area is 185 Å². The van der Waals surface area contributed by atoms with Gasteiger partial charge in [0.2, 0.25) is 0 Å². The van der Waals surface area contributed by atoms with Crippen molar-refractivity contribution in [3.63, 3.8) is 0 Å². The molecule has 1 fully saturated rings. The number of anilines is 1. The number of halogens is 1. The van der Waals surface area contributed by atoms with E-state index in [0.29, 0.717) is 13.1 Å². The maximum atomic E-state index is 12.0. The van der Waals surface area contributed by atoms with Crippen LogP contribution in [-0.2, 0) is 16.1 Å². The minimum Gasteiger partial charge on any atom is -0.469 e. The summed E-state index contributed by atoms with van der Waals surface area (Å²) in [5.41, 5.74) is 2.42. The van der Waals surface area contributed by atoms with Crippen molar-refractivity contribution in [2.75, 3.05) is 44.7 Å². The number of likely N-dealkylation sites (tertiary alicyclic amines) is 1. The summed E-state index contributed by atoms with van der Waals surface area (Å²) in [6, 6.07) is 8.61. The van der Waals surface area contributed by atoms with Crippen LogP contribution in [0, 0.1) is 11.8 Å². The van der Waals surface area contributed by atoms with Gasteiger partial charge >= 0.3 is 5.97 Å². The van der Waals surface area contributed by atoms with E-state index in [1.165, 1.54) is 18.4 Å². The smallest absolute Gasteiger partial charge is 0.310 e. The molecule has 0 spiro atoms. The van der Waals surface area contributed by atoms with Crippen molar-refractivity contribution in [3.8, 4) is 0 Å². The highest BCUT2D eigenvalue weighted by atomic mass is 127. The number of rotatable bonds is 5. The van der Waals surface area contributed by atoms with Crippen LogP contribution < -0.4 is 10.2 Å². The molecule has 2 aliphatic rings. The van der Waals surface area contributed by atoms with Crippen LogP contribution in [0.2, 0.25) is 0 Å². The second-order valence-electron chi connectivity index (χ2n) is 7.22. The van der Waals surface area contributed by atoms with Gasteiger partial charge in [0.05, 0.1) is 19.6 Å². The number of esters is 1. The third kappa shape index (κ3) is 5.40. The van der Waals surface area contributed by atoms with E-state index >= 15 is 0 Å². The minimum absolute atomic E-state index is 0. The number of ether oxygens (including phenoxy) is 1. The van der Waals surface area contributed by atoms with Crippen LogP contribution in [0.3, 0.4) is 0 Å². The standard InChI is InChI=1S/C21H30N4O2.HI/c1-4-22-21(25-14-16(2)19(15-25)20(26)27-3)23-13-17-7-9-18(10-8-17)24-11-5-6-12-24;/h5-10,16,19H,4,11-15H2,1-3H3,(H,22,23);1H. The normalized spacial score (nSPS) is 21.6. The summed E-state index contributed by atoms with van der Waals surface area (Å²) >= 11 is 0. The van der Waals surface area contributed by atoms with Crippen LogP contribution >= 0.6 is 24.0 Å². The number of nitrogens with zero attached hydrogens (tertiary/aromatic N) is 3. The predicted molar refractivity (Wildman–Crippen MR) is 124 cm³/mol.